The van der Waals surface area contributed by atoms with Crippen LogP contribution in [-0.4, -0.2) is 29.2 Å². The van der Waals surface area contributed by atoms with Crippen molar-refractivity contribution in [3.05, 3.63) is 41.7 Å². The highest BCUT2D eigenvalue weighted by Crippen LogP contribution is 2.22. The molecule has 17 heavy (non-hydrogen) atoms. The third-order valence-corrected chi connectivity index (χ3v) is 2.92. The van der Waals surface area contributed by atoms with E-state index in [1.807, 2.05) is 6.08 Å². The Labute approximate surface area is 99.2 Å². The summed E-state index contributed by atoms with van der Waals surface area (Å²) in [6.07, 6.45) is 2.65. The summed E-state index contributed by atoms with van der Waals surface area (Å²) in [4.78, 5) is 12.2. The van der Waals surface area contributed by atoms with Gasteiger partial charge in [0.2, 0.25) is 0 Å². The van der Waals surface area contributed by atoms with E-state index in [4.69, 9.17) is 5.11 Å². The van der Waals surface area contributed by atoms with Gasteiger partial charge in [-0.2, -0.15) is 0 Å². The van der Waals surface area contributed by atoms with E-state index in [1.165, 1.54) is 17.0 Å². The molecule has 0 saturated carbocycles. The minimum absolute atomic E-state index is 0.255. The molecule has 0 aliphatic carbocycles. The molecule has 1 aliphatic rings. The molecular weight excluding hydrogens is 221 g/mol. The van der Waals surface area contributed by atoms with E-state index in [0.717, 1.165) is 24.0 Å². The lowest BCUT2D eigenvalue weighted by Gasteiger charge is -2.13. The van der Waals surface area contributed by atoms with Gasteiger partial charge in [-0.3, -0.25) is 0 Å². The van der Waals surface area contributed by atoms with Crippen LogP contribution in [0.1, 0.15) is 18.4 Å². The van der Waals surface area contributed by atoms with E-state index in [0.29, 0.717) is 13.1 Å². The summed E-state index contributed by atoms with van der Waals surface area (Å²) < 4.78 is 12.8. The maximum atomic E-state index is 12.8. The molecule has 1 heterocycles. The maximum Gasteiger partial charge on any atom is 0.407 e. The van der Waals surface area contributed by atoms with E-state index in [9.17, 15) is 9.18 Å². The number of hydrogen-bond acceptors (Lipinski definition) is 1. The summed E-state index contributed by atoms with van der Waals surface area (Å²) in [7, 11) is 0. The van der Waals surface area contributed by atoms with Gasteiger partial charge in [0.1, 0.15) is 5.82 Å². The van der Waals surface area contributed by atoms with Crippen molar-refractivity contribution in [2.24, 2.45) is 0 Å². The van der Waals surface area contributed by atoms with E-state index in [1.54, 1.807) is 12.1 Å². The Morgan fingerprint density at radius 2 is 2.00 bits per heavy atom. The van der Waals surface area contributed by atoms with Crippen LogP contribution in [0.4, 0.5) is 9.18 Å². The standard InChI is InChI=1S/C13H14FNO2/c14-12-5-3-11(4-6-12)10-2-1-8-15(9-7-10)13(16)17/h3-7H,1-2,8-9H2,(H,16,17). The number of carboxylic acid groups (broad SMARTS) is 1. The fraction of sp³-hybridized carbons (Fsp3) is 0.308. The average molecular weight is 235 g/mol. The second-order valence-electron chi connectivity index (χ2n) is 4.07. The quantitative estimate of drug-likeness (QED) is 0.812. The Bertz CT molecular complexity index is 439. The Morgan fingerprint density at radius 1 is 1.29 bits per heavy atom. The van der Waals surface area contributed by atoms with Crippen LogP contribution < -0.4 is 0 Å². The molecule has 0 radical (unpaired) electrons. The zero-order chi connectivity index (χ0) is 12.3. The number of allylic oxidation sites excluding steroid dienone is 1. The van der Waals surface area contributed by atoms with E-state index < -0.39 is 6.09 Å². The predicted molar refractivity (Wildman–Crippen MR) is 63.2 cm³/mol. The van der Waals surface area contributed by atoms with Gasteiger partial charge in [-0.25, -0.2) is 9.18 Å². The van der Waals surface area contributed by atoms with Crippen LogP contribution in [0.3, 0.4) is 0 Å². The number of amides is 1. The molecule has 0 aromatic heterocycles. The van der Waals surface area contributed by atoms with Gasteiger partial charge in [0.05, 0.1) is 0 Å². The minimum atomic E-state index is -0.887. The van der Waals surface area contributed by atoms with Gasteiger partial charge in [-0.15, -0.1) is 0 Å². The van der Waals surface area contributed by atoms with E-state index >= 15 is 0 Å². The highest BCUT2D eigenvalue weighted by Gasteiger charge is 2.14. The Morgan fingerprint density at radius 3 is 2.65 bits per heavy atom. The minimum Gasteiger partial charge on any atom is -0.465 e. The molecule has 0 fully saturated rings. The highest BCUT2D eigenvalue weighted by molar-refractivity contribution is 5.69. The van der Waals surface area contributed by atoms with Crippen molar-refractivity contribution in [1.82, 2.24) is 4.90 Å². The lowest BCUT2D eigenvalue weighted by atomic mass is 10.0. The summed E-state index contributed by atoms with van der Waals surface area (Å²) >= 11 is 0. The van der Waals surface area contributed by atoms with Gasteiger partial charge in [0.25, 0.3) is 0 Å². The number of halogens is 1. The van der Waals surface area contributed by atoms with Crippen molar-refractivity contribution < 1.29 is 14.3 Å². The zero-order valence-electron chi connectivity index (χ0n) is 9.40. The molecule has 0 spiro atoms. The molecule has 1 N–H and O–H groups in total. The van der Waals surface area contributed by atoms with Crippen LogP contribution in [0.5, 0.6) is 0 Å². The van der Waals surface area contributed by atoms with Gasteiger partial charge < -0.3 is 10.0 Å². The molecule has 0 bridgehead atoms. The van der Waals surface area contributed by atoms with Gasteiger partial charge in [0, 0.05) is 13.1 Å². The molecule has 2 rings (SSSR count). The van der Waals surface area contributed by atoms with Crippen LogP contribution >= 0.6 is 0 Å². The number of benzene rings is 1. The molecule has 1 aliphatic heterocycles. The normalized spacial score (nSPS) is 16.3. The molecule has 0 saturated heterocycles. The van der Waals surface area contributed by atoms with Crippen molar-refractivity contribution in [2.45, 2.75) is 12.8 Å². The second kappa shape index (κ2) is 4.99. The first kappa shape index (κ1) is 11.6. The lowest BCUT2D eigenvalue weighted by Crippen LogP contribution is -2.29. The van der Waals surface area contributed by atoms with E-state index in [2.05, 4.69) is 0 Å². The topological polar surface area (TPSA) is 40.5 Å². The number of nitrogens with zero attached hydrogens (tertiary/aromatic N) is 1. The largest absolute Gasteiger partial charge is 0.465 e. The van der Waals surface area contributed by atoms with Crippen molar-refractivity contribution in [1.29, 1.82) is 0 Å². The summed E-state index contributed by atoms with van der Waals surface area (Å²) in [6.45, 7) is 0.957. The van der Waals surface area contributed by atoms with Crippen molar-refractivity contribution >= 4 is 11.7 Å². The summed E-state index contributed by atoms with van der Waals surface area (Å²) in [5.41, 5.74) is 2.06. The maximum absolute atomic E-state index is 12.8. The van der Waals surface area contributed by atoms with Crippen LogP contribution in [0, 0.1) is 5.82 Å². The van der Waals surface area contributed by atoms with Crippen LogP contribution in [0.15, 0.2) is 30.3 Å². The van der Waals surface area contributed by atoms with Crippen LogP contribution in [0.25, 0.3) is 5.57 Å². The molecule has 0 unspecified atom stereocenters. The number of carbonyl (C=O) groups is 1. The van der Waals surface area contributed by atoms with Gasteiger partial charge in [-0.05, 0) is 36.1 Å². The number of hydrogen-bond donors (Lipinski definition) is 1. The molecule has 0 atom stereocenters. The Hall–Kier alpha value is -1.84. The monoisotopic (exact) mass is 235 g/mol. The summed E-state index contributed by atoms with van der Waals surface area (Å²) in [5.74, 6) is -0.255. The fourth-order valence-corrected chi connectivity index (χ4v) is 1.97. The van der Waals surface area contributed by atoms with Crippen LogP contribution in [-0.2, 0) is 0 Å². The molecule has 90 valence electrons. The molecular formula is C13H14FNO2. The fourth-order valence-electron chi connectivity index (χ4n) is 1.97. The SMILES string of the molecule is O=C(O)N1CC=C(c2ccc(F)cc2)CCC1. The smallest absolute Gasteiger partial charge is 0.407 e. The van der Waals surface area contributed by atoms with Gasteiger partial charge in [-0.1, -0.05) is 18.2 Å². The van der Waals surface area contributed by atoms with Crippen molar-refractivity contribution in [2.75, 3.05) is 13.1 Å². The number of rotatable bonds is 1. The molecule has 1 aromatic carbocycles. The summed E-state index contributed by atoms with van der Waals surface area (Å²) in [5, 5.41) is 8.90. The van der Waals surface area contributed by atoms with Gasteiger partial charge in [0.15, 0.2) is 0 Å². The summed E-state index contributed by atoms with van der Waals surface area (Å²) in [6, 6.07) is 6.32. The molecule has 3 nitrogen and oxygen atoms in total. The first-order valence-corrected chi connectivity index (χ1v) is 5.59. The molecule has 1 amide bonds. The third-order valence-electron chi connectivity index (χ3n) is 2.92. The lowest BCUT2D eigenvalue weighted by molar-refractivity contribution is 0.150. The predicted octanol–water partition coefficient (Wildman–Crippen LogP) is 2.98. The molecule has 1 aromatic rings. The first-order chi connectivity index (χ1) is 8.16. The van der Waals surface area contributed by atoms with E-state index in [-0.39, 0.29) is 5.82 Å². The van der Waals surface area contributed by atoms with Gasteiger partial charge >= 0.3 is 6.09 Å². The Kier molecular flexibility index (Phi) is 3.42. The third kappa shape index (κ3) is 2.84. The van der Waals surface area contributed by atoms with Crippen molar-refractivity contribution in [3.8, 4) is 0 Å². The second-order valence-corrected chi connectivity index (χ2v) is 4.07. The first-order valence-electron chi connectivity index (χ1n) is 5.59. The highest BCUT2D eigenvalue weighted by atomic mass is 19.1. The van der Waals surface area contributed by atoms with Crippen LogP contribution in [0.2, 0.25) is 0 Å². The van der Waals surface area contributed by atoms with Crippen molar-refractivity contribution in [3.63, 3.8) is 0 Å². The average Bonchev–Trinajstić information content (AvgIpc) is 2.55. The molecule has 4 heteroatoms. The Balaban J connectivity index is 2.16. The zero-order valence-corrected chi connectivity index (χ0v) is 9.40.